The lowest BCUT2D eigenvalue weighted by molar-refractivity contribution is 0.0969. The van der Waals surface area contributed by atoms with Gasteiger partial charge in [0.25, 0.3) is 0 Å². The third kappa shape index (κ3) is 9.12. The summed E-state index contributed by atoms with van der Waals surface area (Å²) in [5.74, 6) is 0.707. The summed E-state index contributed by atoms with van der Waals surface area (Å²) in [6.45, 7) is 9.29. The molecule has 0 fully saturated rings. The molecule has 0 spiro atoms. The zero-order valence-corrected chi connectivity index (χ0v) is 18.8. The highest BCUT2D eigenvalue weighted by molar-refractivity contribution is 5.65. The molecule has 0 radical (unpaired) electrons. The van der Waals surface area contributed by atoms with E-state index in [0.717, 1.165) is 44.9 Å². The summed E-state index contributed by atoms with van der Waals surface area (Å²) in [6, 6.07) is 4.16. The lowest BCUT2D eigenvalue weighted by Crippen LogP contribution is -2.14. The Bertz CT molecular complexity index is 551. The summed E-state index contributed by atoms with van der Waals surface area (Å²) < 4.78 is 11.0. The SMILES string of the molecule is CCCCCCOC(=O)Oc1ccc(CCCC)c(CCCC)c1CCCC. The topological polar surface area (TPSA) is 35.5 Å². The van der Waals surface area contributed by atoms with Gasteiger partial charge in [-0.3, -0.25) is 0 Å². The number of carbonyl (C=O) groups is 1. The molecule has 0 aromatic heterocycles. The molecule has 28 heavy (non-hydrogen) atoms. The van der Waals surface area contributed by atoms with E-state index in [1.807, 2.05) is 6.07 Å². The van der Waals surface area contributed by atoms with Crippen molar-refractivity contribution in [1.82, 2.24) is 0 Å². The average molecular weight is 391 g/mol. The Morgan fingerprint density at radius 1 is 0.714 bits per heavy atom. The fourth-order valence-corrected chi connectivity index (χ4v) is 3.51. The summed E-state index contributed by atoms with van der Waals surface area (Å²) in [5, 5.41) is 0. The predicted molar refractivity (Wildman–Crippen MR) is 118 cm³/mol. The smallest absolute Gasteiger partial charge is 0.434 e. The summed E-state index contributed by atoms with van der Waals surface area (Å²) in [6.07, 6.45) is 13.9. The first-order valence-corrected chi connectivity index (χ1v) is 11.7. The summed E-state index contributed by atoms with van der Waals surface area (Å²) in [5.41, 5.74) is 4.07. The lowest BCUT2D eigenvalue weighted by Gasteiger charge is -2.19. The maximum atomic E-state index is 12.2. The van der Waals surface area contributed by atoms with Crippen LogP contribution in [0.3, 0.4) is 0 Å². The van der Waals surface area contributed by atoms with Crippen LogP contribution in [-0.2, 0) is 24.0 Å². The van der Waals surface area contributed by atoms with Crippen molar-refractivity contribution in [2.45, 2.75) is 111 Å². The van der Waals surface area contributed by atoms with E-state index in [2.05, 4.69) is 33.8 Å². The van der Waals surface area contributed by atoms with Gasteiger partial charge in [-0.1, -0.05) is 72.3 Å². The van der Waals surface area contributed by atoms with Gasteiger partial charge >= 0.3 is 6.16 Å². The van der Waals surface area contributed by atoms with Gasteiger partial charge in [-0.2, -0.15) is 0 Å². The van der Waals surface area contributed by atoms with Crippen LogP contribution in [0.25, 0.3) is 0 Å². The van der Waals surface area contributed by atoms with E-state index in [1.165, 1.54) is 55.2 Å². The van der Waals surface area contributed by atoms with Gasteiger partial charge in [-0.05, 0) is 67.7 Å². The summed E-state index contributed by atoms with van der Waals surface area (Å²) in [7, 11) is 0. The van der Waals surface area contributed by atoms with Crippen molar-refractivity contribution in [2.75, 3.05) is 6.61 Å². The molecule has 3 nitrogen and oxygen atoms in total. The predicted octanol–water partition coefficient (Wildman–Crippen LogP) is 7.81. The number of unbranched alkanes of at least 4 members (excludes halogenated alkanes) is 6. The molecule has 0 bridgehead atoms. The average Bonchev–Trinajstić information content (AvgIpc) is 2.70. The van der Waals surface area contributed by atoms with Crippen LogP contribution in [0.4, 0.5) is 4.79 Å². The largest absolute Gasteiger partial charge is 0.513 e. The Hall–Kier alpha value is -1.51. The van der Waals surface area contributed by atoms with Crippen molar-refractivity contribution in [3.05, 3.63) is 28.8 Å². The van der Waals surface area contributed by atoms with Gasteiger partial charge in [-0.25, -0.2) is 4.79 Å². The molecule has 0 unspecified atom stereocenters. The van der Waals surface area contributed by atoms with Gasteiger partial charge in [-0.15, -0.1) is 0 Å². The highest BCUT2D eigenvalue weighted by atomic mass is 16.7. The molecule has 0 atom stereocenters. The van der Waals surface area contributed by atoms with Crippen molar-refractivity contribution in [1.29, 1.82) is 0 Å². The van der Waals surface area contributed by atoms with Crippen molar-refractivity contribution in [3.8, 4) is 5.75 Å². The Balaban J connectivity index is 2.93. The van der Waals surface area contributed by atoms with Crippen molar-refractivity contribution >= 4 is 6.16 Å². The van der Waals surface area contributed by atoms with Crippen LogP contribution >= 0.6 is 0 Å². The molecule has 0 aliphatic heterocycles. The minimum Gasteiger partial charge on any atom is -0.434 e. The number of benzene rings is 1. The summed E-state index contributed by atoms with van der Waals surface area (Å²) in [4.78, 5) is 12.2. The number of ether oxygens (including phenoxy) is 2. The number of rotatable bonds is 15. The quantitative estimate of drug-likeness (QED) is 0.174. The molecular formula is C25H42O3. The molecule has 0 amide bonds. The van der Waals surface area contributed by atoms with Crippen molar-refractivity contribution in [2.24, 2.45) is 0 Å². The van der Waals surface area contributed by atoms with Crippen LogP contribution in [0, 0.1) is 0 Å². The van der Waals surface area contributed by atoms with Crippen LogP contribution < -0.4 is 4.74 Å². The van der Waals surface area contributed by atoms with Gasteiger partial charge in [0.1, 0.15) is 5.75 Å². The second kappa shape index (κ2) is 15.4. The number of hydrogen-bond acceptors (Lipinski definition) is 3. The maximum absolute atomic E-state index is 12.2. The standard InChI is InChI=1S/C25H42O3/c1-5-9-13-14-20-27-25(26)28-24-19-18-21(15-10-6-2)22(16-11-7-3)23(24)17-12-8-4/h18-19H,5-17,20H2,1-4H3. The van der Waals surface area contributed by atoms with Gasteiger partial charge in [0.15, 0.2) is 0 Å². The van der Waals surface area contributed by atoms with Gasteiger partial charge in [0.05, 0.1) is 6.61 Å². The molecular weight excluding hydrogens is 348 g/mol. The second-order valence-corrected chi connectivity index (χ2v) is 7.75. The van der Waals surface area contributed by atoms with E-state index in [-0.39, 0.29) is 0 Å². The van der Waals surface area contributed by atoms with Crippen LogP contribution in [0.15, 0.2) is 12.1 Å². The van der Waals surface area contributed by atoms with E-state index >= 15 is 0 Å². The molecule has 160 valence electrons. The molecule has 1 rings (SSSR count). The maximum Gasteiger partial charge on any atom is 0.513 e. The van der Waals surface area contributed by atoms with E-state index < -0.39 is 6.16 Å². The Morgan fingerprint density at radius 3 is 1.96 bits per heavy atom. The van der Waals surface area contributed by atoms with Gasteiger partial charge < -0.3 is 9.47 Å². The van der Waals surface area contributed by atoms with E-state index in [0.29, 0.717) is 12.4 Å². The van der Waals surface area contributed by atoms with Crippen LogP contribution in [-0.4, -0.2) is 12.8 Å². The van der Waals surface area contributed by atoms with Gasteiger partial charge in [0.2, 0.25) is 0 Å². The van der Waals surface area contributed by atoms with Crippen molar-refractivity contribution < 1.29 is 14.3 Å². The lowest BCUT2D eigenvalue weighted by atomic mass is 9.90. The molecule has 0 N–H and O–H groups in total. The number of carbonyl (C=O) groups excluding carboxylic acids is 1. The first-order valence-electron chi connectivity index (χ1n) is 11.7. The minimum atomic E-state index is -0.558. The van der Waals surface area contributed by atoms with Gasteiger partial charge in [0, 0.05) is 0 Å². The van der Waals surface area contributed by atoms with Crippen LogP contribution in [0.1, 0.15) is 109 Å². The molecule has 1 aromatic rings. The third-order valence-corrected chi connectivity index (χ3v) is 5.26. The highest BCUT2D eigenvalue weighted by Crippen LogP contribution is 2.30. The van der Waals surface area contributed by atoms with Crippen LogP contribution in [0.5, 0.6) is 5.75 Å². The van der Waals surface area contributed by atoms with E-state index in [1.54, 1.807) is 0 Å². The molecule has 0 saturated carbocycles. The fraction of sp³-hybridized carbons (Fsp3) is 0.720. The second-order valence-electron chi connectivity index (χ2n) is 7.75. The van der Waals surface area contributed by atoms with Crippen LogP contribution in [0.2, 0.25) is 0 Å². The minimum absolute atomic E-state index is 0.445. The zero-order chi connectivity index (χ0) is 20.6. The monoisotopic (exact) mass is 390 g/mol. The normalized spacial score (nSPS) is 10.9. The fourth-order valence-electron chi connectivity index (χ4n) is 3.51. The third-order valence-electron chi connectivity index (χ3n) is 5.26. The first-order chi connectivity index (χ1) is 13.7. The molecule has 1 aromatic carbocycles. The number of hydrogen-bond donors (Lipinski definition) is 0. The molecule has 3 heteroatoms. The van der Waals surface area contributed by atoms with E-state index in [9.17, 15) is 4.79 Å². The van der Waals surface area contributed by atoms with E-state index in [4.69, 9.17) is 9.47 Å². The molecule has 0 aliphatic rings. The highest BCUT2D eigenvalue weighted by Gasteiger charge is 2.17. The summed E-state index contributed by atoms with van der Waals surface area (Å²) >= 11 is 0. The number of aryl methyl sites for hydroxylation is 1. The Morgan fingerprint density at radius 2 is 1.32 bits per heavy atom. The Kier molecular flexibility index (Phi) is 13.5. The molecule has 0 saturated heterocycles. The Labute approximate surface area is 173 Å². The molecule has 0 heterocycles. The molecule has 0 aliphatic carbocycles. The zero-order valence-electron chi connectivity index (χ0n) is 18.8. The first kappa shape index (κ1) is 24.5. The van der Waals surface area contributed by atoms with Crippen molar-refractivity contribution in [3.63, 3.8) is 0 Å².